The number of ether oxygens (including phenoxy) is 1. The van der Waals surface area contributed by atoms with Gasteiger partial charge in [0.1, 0.15) is 0 Å². The second-order valence-corrected chi connectivity index (χ2v) is 8.93. The first kappa shape index (κ1) is 20.7. The first-order chi connectivity index (χ1) is 14.1. The zero-order chi connectivity index (χ0) is 20.4. The zero-order valence-electron chi connectivity index (χ0n) is 16.6. The molecular weight excluding hydrogens is 392 g/mol. The van der Waals surface area contributed by atoms with Crippen molar-refractivity contribution in [3.05, 3.63) is 29.4 Å². The van der Waals surface area contributed by atoms with E-state index in [1.54, 1.807) is 16.8 Å². The molecule has 0 unspecified atom stereocenters. The van der Waals surface area contributed by atoms with Crippen molar-refractivity contribution >= 4 is 34.1 Å². The molecule has 0 radical (unpaired) electrons. The Hall–Kier alpha value is -1.60. The highest BCUT2D eigenvalue weighted by Gasteiger charge is 2.47. The van der Waals surface area contributed by atoms with Gasteiger partial charge in [-0.05, 0) is 30.9 Å². The van der Waals surface area contributed by atoms with Gasteiger partial charge in [-0.15, -0.1) is 0 Å². The average molecular weight is 421 g/mol. The van der Waals surface area contributed by atoms with Crippen molar-refractivity contribution in [2.24, 2.45) is 11.3 Å². The highest BCUT2D eigenvalue weighted by Crippen LogP contribution is 2.46. The molecule has 4 rings (SSSR count). The summed E-state index contributed by atoms with van der Waals surface area (Å²) in [5.74, 6) is 0.510. The van der Waals surface area contributed by atoms with Gasteiger partial charge in [0.2, 0.25) is 5.91 Å². The molecule has 1 aliphatic heterocycles. The van der Waals surface area contributed by atoms with Gasteiger partial charge in [-0.3, -0.25) is 4.79 Å². The molecule has 29 heavy (non-hydrogen) atoms. The molecule has 0 atom stereocenters. The molecule has 2 fully saturated rings. The molecule has 2 aromatic rings. The standard InChI is InChI=1S/C22H29ClN2O4/c23-17-7-4-8-19-21(17)18(10-25(19)16(11-26)12-27)24-20(28)9-22(13-29-14-22)15-5-2-1-3-6-15/h4,7-8,10,15-16,26-27H,1-3,5-6,9,11-14H2,(H,24,28). The normalized spacial score (nSPS) is 19.4. The van der Waals surface area contributed by atoms with Crippen molar-refractivity contribution in [3.63, 3.8) is 0 Å². The third-order valence-electron chi connectivity index (χ3n) is 6.66. The van der Waals surface area contributed by atoms with Crippen LogP contribution in [0.4, 0.5) is 5.69 Å². The molecule has 1 saturated heterocycles. The van der Waals surface area contributed by atoms with Crippen LogP contribution in [0.3, 0.4) is 0 Å². The van der Waals surface area contributed by atoms with Crippen LogP contribution in [0.25, 0.3) is 10.9 Å². The van der Waals surface area contributed by atoms with Gasteiger partial charge < -0.3 is 24.8 Å². The van der Waals surface area contributed by atoms with E-state index in [1.807, 2.05) is 12.1 Å². The Morgan fingerprint density at radius 2 is 1.97 bits per heavy atom. The number of benzene rings is 1. The summed E-state index contributed by atoms with van der Waals surface area (Å²) in [6.45, 7) is 0.903. The third kappa shape index (κ3) is 3.91. The summed E-state index contributed by atoms with van der Waals surface area (Å²) in [7, 11) is 0. The van der Waals surface area contributed by atoms with E-state index < -0.39 is 6.04 Å². The van der Waals surface area contributed by atoms with E-state index in [0.29, 0.717) is 36.3 Å². The number of amides is 1. The van der Waals surface area contributed by atoms with Crippen molar-refractivity contribution in [2.45, 2.75) is 44.6 Å². The Balaban J connectivity index is 1.58. The fourth-order valence-electron chi connectivity index (χ4n) is 4.97. The van der Waals surface area contributed by atoms with Gasteiger partial charge in [-0.25, -0.2) is 0 Å². The van der Waals surface area contributed by atoms with Gasteiger partial charge in [-0.1, -0.05) is 36.9 Å². The van der Waals surface area contributed by atoms with E-state index in [9.17, 15) is 15.0 Å². The highest BCUT2D eigenvalue weighted by molar-refractivity contribution is 6.36. The van der Waals surface area contributed by atoms with Gasteiger partial charge in [0, 0.05) is 23.4 Å². The van der Waals surface area contributed by atoms with E-state index in [1.165, 1.54) is 32.1 Å². The van der Waals surface area contributed by atoms with Crippen molar-refractivity contribution in [3.8, 4) is 0 Å². The Morgan fingerprint density at radius 3 is 2.59 bits per heavy atom. The summed E-state index contributed by atoms with van der Waals surface area (Å²) in [5, 5.41) is 23.5. The molecule has 1 aliphatic carbocycles. The molecule has 3 N–H and O–H groups in total. The van der Waals surface area contributed by atoms with Crippen LogP contribution in [0.15, 0.2) is 24.4 Å². The number of aliphatic hydroxyl groups is 2. The lowest BCUT2D eigenvalue weighted by Gasteiger charge is -2.48. The van der Waals surface area contributed by atoms with Crippen LogP contribution in [-0.4, -0.2) is 47.1 Å². The molecule has 1 amide bonds. The Labute approximate surface area is 175 Å². The predicted octanol–water partition coefficient (Wildman–Crippen LogP) is 3.75. The Bertz CT molecular complexity index is 867. The van der Waals surface area contributed by atoms with E-state index in [2.05, 4.69) is 5.32 Å². The number of rotatable bonds is 7. The van der Waals surface area contributed by atoms with Gasteiger partial charge in [-0.2, -0.15) is 0 Å². The van der Waals surface area contributed by atoms with E-state index in [0.717, 1.165) is 10.9 Å². The van der Waals surface area contributed by atoms with Crippen molar-refractivity contribution in [1.29, 1.82) is 0 Å². The lowest BCUT2D eigenvalue weighted by molar-refractivity contribution is -0.163. The lowest BCUT2D eigenvalue weighted by atomic mass is 9.65. The summed E-state index contributed by atoms with van der Waals surface area (Å²) < 4.78 is 7.31. The number of anilines is 1. The van der Waals surface area contributed by atoms with Gasteiger partial charge in [0.05, 0.1) is 48.7 Å². The van der Waals surface area contributed by atoms with Crippen LogP contribution < -0.4 is 5.32 Å². The molecule has 7 heteroatoms. The minimum absolute atomic E-state index is 0.0395. The number of aromatic nitrogens is 1. The minimum Gasteiger partial charge on any atom is -0.394 e. The highest BCUT2D eigenvalue weighted by atomic mass is 35.5. The number of halogens is 1. The summed E-state index contributed by atoms with van der Waals surface area (Å²) in [6, 6.07) is 4.98. The van der Waals surface area contributed by atoms with Crippen molar-refractivity contribution in [2.75, 3.05) is 31.7 Å². The monoisotopic (exact) mass is 420 g/mol. The summed E-state index contributed by atoms with van der Waals surface area (Å²) in [5.41, 5.74) is 1.34. The van der Waals surface area contributed by atoms with Crippen LogP contribution in [0.2, 0.25) is 5.02 Å². The van der Waals surface area contributed by atoms with Gasteiger partial charge in [0.25, 0.3) is 0 Å². The quantitative estimate of drug-likeness (QED) is 0.637. The summed E-state index contributed by atoms with van der Waals surface area (Å²) in [4.78, 5) is 13.0. The number of hydrogen-bond donors (Lipinski definition) is 3. The van der Waals surface area contributed by atoms with E-state index in [4.69, 9.17) is 16.3 Å². The molecule has 1 aromatic carbocycles. The molecule has 2 aliphatic rings. The molecular formula is C22H29ClN2O4. The van der Waals surface area contributed by atoms with Gasteiger partial charge in [0.15, 0.2) is 0 Å². The summed E-state index contributed by atoms with van der Waals surface area (Å²) in [6.07, 6.45) is 8.32. The Kier molecular flexibility index (Phi) is 6.16. The molecule has 1 aromatic heterocycles. The Morgan fingerprint density at radius 1 is 1.24 bits per heavy atom. The van der Waals surface area contributed by atoms with Crippen molar-refractivity contribution in [1.82, 2.24) is 4.57 Å². The maximum Gasteiger partial charge on any atom is 0.225 e. The zero-order valence-corrected chi connectivity index (χ0v) is 17.3. The van der Waals surface area contributed by atoms with Crippen LogP contribution in [0, 0.1) is 11.3 Å². The molecule has 2 heterocycles. The maximum absolute atomic E-state index is 13.0. The first-order valence-corrected chi connectivity index (χ1v) is 10.8. The molecule has 158 valence electrons. The molecule has 0 spiro atoms. The number of carbonyl (C=O) groups is 1. The van der Waals surface area contributed by atoms with Crippen molar-refractivity contribution < 1.29 is 19.7 Å². The second kappa shape index (κ2) is 8.64. The van der Waals surface area contributed by atoms with Crippen LogP contribution in [0.1, 0.15) is 44.6 Å². The van der Waals surface area contributed by atoms with E-state index >= 15 is 0 Å². The number of fused-ring (bicyclic) bond motifs is 1. The predicted molar refractivity (Wildman–Crippen MR) is 113 cm³/mol. The molecule has 1 saturated carbocycles. The maximum atomic E-state index is 13.0. The average Bonchev–Trinajstić information content (AvgIpc) is 3.06. The number of aliphatic hydroxyl groups excluding tert-OH is 2. The minimum atomic E-state index is -0.491. The lowest BCUT2D eigenvalue weighted by Crippen LogP contribution is -2.51. The topological polar surface area (TPSA) is 83.7 Å². The van der Waals surface area contributed by atoms with E-state index in [-0.39, 0.29) is 24.5 Å². The van der Waals surface area contributed by atoms with Gasteiger partial charge >= 0.3 is 0 Å². The number of carbonyl (C=O) groups excluding carboxylic acids is 1. The largest absolute Gasteiger partial charge is 0.394 e. The second-order valence-electron chi connectivity index (χ2n) is 8.52. The number of nitrogens with zero attached hydrogens (tertiary/aromatic N) is 1. The number of hydrogen-bond acceptors (Lipinski definition) is 4. The number of nitrogens with one attached hydrogen (secondary N) is 1. The fraction of sp³-hybridized carbons (Fsp3) is 0.591. The third-order valence-corrected chi connectivity index (χ3v) is 6.97. The molecule has 6 nitrogen and oxygen atoms in total. The smallest absolute Gasteiger partial charge is 0.225 e. The SMILES string of the molecule is O=C(CC1(C2CCCCC2)COC1)Nc1cn(C(CO)CO)c2cccc(Cl)c12. The summed E-state index contributed by atoms with van der Waals surface area (Å²) >= 11 is 6.43. The van der Waals surface area contributed by atoms with Crippen LogP contribution in [0.5, 0.6) is 0 Å². The first-order valence-electron chi connectivity index (χ1n) is 10.5. The molecule has 0 bridgehead atoms. The van der Waals surface area contributed by atoms with Crippen LogP contribution >= 0.6 is 11.6 Å². The van der Waals surface area contributed by atoms with Crippen LogP contribution in [-0.2, 0) is 9.53 Å². The fourth-order valence-corrected chi connectivity index (χ4v) is 5.25.